The Balaban J connectivity index is 2.27. The summed E-state index contributed by atoms with van der Waals surface area (Å²) in [6.45, 7) is 5.58. The van der Waals surface area contributed by atoms with Crippen LogP contribution in [-0.2, 0) is 10.2 Å². The molecule has 1 atom stereocenters. The summed E-state index contributed by atoms with van der Waals surface area (Å²) in [5.74, 6) is 1.21. The molecule has 13 heavy (non-hydrogen) atoms. The van der Waals surface area contributed by atoms with E-state index in [1.165, 1.54) is 4.31 Å². The predicted octanol–water partition coefficient (Wildman–Crippen LogP) is 0.558. The Labute approximate surface area is 80.3 Å². The van der Waals surface area contributed by atoms with E-state index >= 15 is 0 Å². The SMILES string of the molecule is CCC(C)CC1CN(S(N)(=O)=O)C1. The molecule has 0 aliphatic carbocycles. The quantitative estimate of drug-likeness (QED) is 0.730. The Kier molecular flexibility index (Phi) is 3.32. The summed E-state index contributed by atoms with van der Waals surface area (Å²) in [4.78, 5) is 0. The molecule has 1 rings (SSSR count). The van der Waals surface area contributed by atoms with Crippen LogP contribution in [0.15, 0.2) is 0 Å². The molecule has 78 valence electrons. The second-order valence-electron chi connectivity index (χ2n) is 3.98. The van der Waals surface area contributed by atoms with Gasteiger partial charge >= 0.3 is 0 Å². The van der Waals surface area contributed by atoms with Gasteiger partial charge in [-0.1, -0.05) is 20.3 Å². The first-order valence-electron chi connectivity index (χ1n) is 4.71. The summed E-state index contributed by atoms with van der Waals surface area (Å²) >= 11 is 0. The molecule has 0 saturated carbocycles. The van der Waals surface area contributed by atoms with E-state index in [0.29, 0.717) is 24.9 Å². The van der Waals surface area contributed by atoms with Crippen molar-refractivity contribution < 1.29 is 8.42 Å². The van der Waals surface area contributed by atoms with Crippen molar-refractivity contribution >= 4 is 10.2 Å². The maximum Gasteiger partial charge on any atom is 0.276 e. The summed E-state index contributed by atoms with van der Waals surface area (Å²) < 4.78 is 23.0. The minimum absolute atomic E-state index is 0.522. The fourth-order valence-corrected chi connectivity index (χ4v) is 2.45. The Hall–Kier alpha value is -0.130. The Morgan fingerprint density at radius 3 is 2.46 bits per heavy atom. The summed E-state index contributed by atoms with van der Waals surface area (Å²) in [6.07, 6.45) is 2.27. The third-order valence-electron chi connectivity index (χ3n) is 2.72. The fraction of sp³-hybridized carbons (Fsp3) is 1.00. The third kappa shape index (κ3) is 2.93. The standard InChI is InChI=1S/C8H18N2O2S/c1-3-7(2)4-8-5-10(6-8)13(9,11)12/h7-8H,3-6H2,1-2H3,(H2,9,11,12). The molecule has 0 aromatic carbocycles. The fourth-order valence-electron chi connectivity index (χ4n) is 1.62. The summed E-state index contributed by atoms with van der Waals surface area (Å²) in [7, 11) is -3.41. The van der Waals surface area contributed by atoms with Crippen LogP contribution in [0.1, 0.15) is 26.7 Å². The molecule has 5 heteroatoms. The molecule has 1 aliphatic heterocycles. The van der Waals surface area contributed by atoms with Crippen molar-refractivity contribution in [2.75, 3.05) is 13.1 Å². The van der Waals surface area contributed by atoms with E-state index < -0.39 is 10.2 Å². The van der Waals surface area contributed by atoms with E-state index in [0.717, 1.165) is 12.8 Å². The molecule has 1 saturated heterocycles. The molecule has 0 radical (unpaired) electrons. The zero-order valence-electron chi connectivity index (χ0n) is 8.23. The van der Waals surface area contributed by atoms with E-state index in [1.807, 2.05) is 0 Å². The number of nitrogens with two attached hydrogens (primary N) is 1. The second-order valence-corrected chi connectivity index (χ2v) is 5.52. The lowest BCUT2D eigenvalue weighted by Gasteiger charge is -2.37. The second kappa shape index (κ2) is 3.94. The van der Waals surface area contributed by atoms with E-state index in [1.54, 1.807) is 0 Å². The van der Waals surface area contributed by atoms with Crippen molar-refractivity contribution in [2.24, 2.45) is 17.0 Å². The van der Waals surface area contributed by atoms with Crippen LogP contribution >= 0.6 is 0 Å². The zero-order chi connectivity index (χ0) is 10.1. The molecule has 1 heterocycles. The van der Waals surface area contributed by atoms with Gasteiger partial charge in [0.05, 0.1) is 0 Å². The molecule has 0 spiro atoms. The van der Waals surface area contributed by atoms with Crippen LogP contribution in [0, 0.1) is 11.8 Å². The smallest absolute Gasteiger partial charge is 0.216 e. The zero-order valence-corrected chi connectivity index (χ0v) is 9.05. The van der Waals surface area contributed by atoms with Crippen molar-refractivity contribution in [3.05, 3.63) is 0 Å². The van der Waals surface area contributed by atoms with Gasteiger partial charge in [-0.25, -0.2) is 5.14 Å². The topological polar surface area (TPSA) is 63.4 Å². The lowest BCUT2D eigenvalue weighted by Crippen LogP contribution is -2.52. The van der Waals surface area contributed by atoms with Crippen LogP contribution in [0.25, 0.3) is 0 Å². The van der Waals surface area contributed by atoms with Gasteiger partial charge in [0.15, 0.2) is 0 Å². The van der Waals surface area contributed by atoms with Gasteiger partial charge < -0.3 is 0 Å². The van der Waals surface area contributed by atoms with Gasteiger partial charge in [0.2, 0.25) is 0 Å². The van der Waals surface area contributed by atoms with Crippen LogP contribution in [0.4, 0.5) is 0 Å². The van der Waals surface area contributed by atoms with Crippen molar-refractivity contribution in [1.82, 2.24) is 4.31 Å². The highest BCUT2D eigenvalue weighted by Crippen LogP contribution is 2.25. The Morgan fingerprint density at radius 1 is 1.54 bits per heavy atom. The number of hydrogen-bond acceptors (Lipinski definition) is 2. The van der Waals surface area contributed by atoms with Gasteiger partial charge in [-0.05, 0) is 18.3 Å². The van der Waals surface area contributed by atoms with Gasteiger partial charge in [0.1, 0.15) is 0 Å². The van der Waals surface area contributed by atoms with Crippen molar-refractivity contribution in [2.45, 2.75) is 26.7 Å². The van der Waals surface area contributed by atoms with E-state index in [4.69, 9.17) is 5.14 Å². The van der Waals surface area contributed by atoms with Crippen LogP contribution in [0.3, 0.4) is 0 Å². The maximum absolute atomic E-state index is 10.8. The summed E-state index contributed by atoms with van der Waals surface area (Å²) in [5.41, 5.74) is 0. The first-order chi connectivity index (χ1) is 5.93. The molecule has 1 aliphatic rings. The molecule has 2 N–H and O–H groups in total. The van der Waals surface area contributed by atoms with Crippen LogP contribution in [0.2, 0.25) is 0 Å². The summed E-state index contributed by atoms with van der Waals surface area (Å²) in [5, 5.41) is 4.96. The lowest BCUT2D eigenvalue weighted by atomic mass is 9.90. The minimum atomic E-state index is -3.41. The largest absolute Gasteiger partial charge is 0.276 e. The van der Waals surface area contributed by atoms with Gasteiger partial charge in [0, 0.05) is 13.1 Å². The monoisotopic (exact) mass is 206 g/mol. The van der Waals surface area contributed by atoms with Gasteiger partial charge in [-0.15, -0.1) is 0 Å². The van der Waals surface area contributed by atoms with E-state index in [9.17, 15) is 8.42 Å². The van der Waals surface area contributed by atoms with Gasteiger partial charge in [-0.2, -0.15) is 12.7 Å². The first-order valence-corrected chi connectivity index (χ1v) is 6.21. The van der Waals surface area contributed by atoms with Crippen LogP contribution in [-0.4, -0.2) is 25.8 Å². The molecular weight excluding hydrogens is 188 g/mol. The third-order valence-corrected chi connectivity index (χ3v) is 3.73. The Morgan fingerprint density at radius 2 is 2.08 bits per heavy atom. The molecular formula is C8H18N2O2S. The minimum Gasteiger partial charge on any atom is -0.216 e. The van der Waals surface area contributed by atoms with Gasteiger partial charge in [0.25, 0.3) is 10.2 Å². The number of nitrogens with zero attached hydrogens (tertiary/aromatic N) is 1. The lowest BCUT2D eigenvalue weighted by molar-refractivity contribution is 0.169. The van der Waals surface area contributed by atoms with Crippen LogP contribution < -0.4 is 5.14 Å². The summed E-state index contributed by atoms with van der Waals surface area (Å²) in [6, 6.07) is 0. The van der Waals surface area contributed by atoms with Crippen molar-refractivity contribution in [1.29, 1.82) is 0 Å². The highest BCUT2D eigenvalue weighted by atomic mass is 32.2. The number of rotatable bonds is 4. The molecule has 0 aromatic heterocycles. The molecule has 0 aromatic rings. The van der Waals surface area contributed by atoms with E-state index in [-0.39, 0.29) is 0 Å². The normalized spacial score (nSPS) is 22.7. The molecule has 1 unspecified atom stereocenters. The predicted molar refractivity (Wildman–Crippen MR) is 52.2 cm³/mol. The van der Waals surface area contributed by atoms with Crippen LogP contribution in [0.5, 0.6) is 0 Å². The van der Waals surface area contributed by atoms with Gasteiger partial charge in [-0.3, -0.25) is 0 Å². The average Bonchev–Trinajstić information content (AvgIpc) is 1.92. The molecule has 0 amide bonds. The number of hydrogen-bond donors (Lipinski definition) is 1. The van der Waals surface area contributed by atoms with Crippen molar-refractivity contribution in [3.8, 4) is 0 Å². The molecule has 1 fully saturated rings. The van der Waals surface area contributed by atoms with E-state index in [2.05, 4.69) is 13.8 Å². The molecule has 0 bridgehead atoms. The highest BCUT2D eigenvalue weighted by molar-refractivity contribution is 7.86. The molecule has 4 nitrogen and oxygen atoms in total. The Bertz CT molecular complexity index is 257. The highest BCUT2D eigenvalue weighted by Gasteiger charge is 2.33. The van der Waals surface area contributed by atoms with Crippen molar-refractivity contribution in [3.63, 3.8) is 0 Å². The maximum atomic E-state index is 10.8. The first kappa shape index (κ1) is 10.9. The average molecular weight is 206 g/mol.